The van der Waals surface area contributed by atoms with Crippen LogP contribution >= 0.6 is 0 Å². The number of unbranched alkanes of at least 4 members (excludes halogenated alkanes) is 10. The van der Waals surface area contributed by atoms with Crippen LogP contribution in [0.2, 0.25) is 0 Å². The van der Waals surface area contributed by atoms with Gasteiger partial charge in [0.25, 0.3) is 0 Å². The second-order valence-corrected chi connectivity index (χ2v) is 10.7. The number of aromatic hydroxyl groups is 2. The van der Waals surface area contributed by atoms with E-state index in [1.807, 2.05) is 36.4 Å². The maximum Gasteiger partial charge on any atom is 0.128 e. The molecule has 0 aliphatic heterocycles. The predicted molar refractivity (Wildman–Crippen MR) is 175 cm³/mol. The summed E-state index contributed by atoms with van der Waals surface area (Å²) in [5.74, 6) is 1.54. The minimum absolute atomic E-state index is 0.115. The van der Waals surface area contributed by atoms with Gasteiger partial charge in [0.05, 0.1) is 24.6 Å². The molecule has 0 atom stereocenters. The van der Waals surface area contributed by atoms with Gasteiger partial charge in [-0.15, -0.1) is 0 Å². The normalized spacial score (nSPS) is 11.5. The van der Waals surface area contributed by atoms with Gasteiger partial charge in [-0.1, -0.05) is 90.2 Å². The Morgan fingerprint density at radius 3 is 1.36 bits per heavy atom. The first kappa shape index (κ1) is 32.7. The fraction of sp³-hybridized carbons (Fsp3) is 0.444. The summed E-state index contributed by atoms with van der Waals surface area (Å²) in [6.07, 6.45) is 17.7. The van der Waals surface area contributed by atoms with E-state index in [-0.39, 0.29) is 11.5 Å². The highest BCUT2D eigenvalue weighted by atomic mass is 16.5. The molecule has 0 saturated carbocycles. The molecule has 0 aliphatic carbocycles. The van der Waals surface area contributed by atoms with E-state index in [0.29, 0.717) is 47.2 Å². The molecule has 42 heavy (non-hydrogen) atoms. The van der Waals surface area contributed by atoms with Crippen LogP contribution in [-0.4, -0.2) is 35.9 Å². The molecule has 3 aromatic rings. The Labute approximate surface area is 252 Å². The van der Waals surface area contributed by atoms with Gasteiger partial charge < -0.3 is 19.7 Å². The standard InChI is InChI=1S/C36H48N2O4/c1-3-5-7-9-11-15-23-41-31-21-19-29(35(39)25-31)27-37-33-17-13-14-18-34(33)38-28-30-20-22-32(26-36(30)40)42-24-16-12-10-8-6-4-2/h13-14,17-22,25-28,39-40H,3-12,15-16,23-24H2,1-2H3. The summed E-state index contributed by atoms with van der Waals surface area (Å²) in [6, 6.07) is 18.1. The van der Waals surface area contributed by atoms with Gasteiger partial charge >= 0.3 is 0 Å². The molecule has 2 N–H and O–H groups in total. The van der Waals surface area contributed by atoms with Crippen molar-refractivity contribution in [2.45, 2.75) is 90.9 Å². The Kier molecular flexibility index (Phi) is 15.1. The molecule has 0 aromatic heterocycles. The SMILES string of the molecule is CCCCCCCCOc1ccc(C=Nc2ccccc2N=Cc2ccc(OCCCCCCCC)cc2O)c(O)c1. The molecular formula is C36H48N2O4. The molecule has 6 nitrogen and oxygen atoms in total. The molecule has 0 aliphatic rings. The van der Waals surface area contributed by atoms with Crippen LogP contribution < -0.4 is 9.47 Å². The lowest BCUT2D eigenvalue weighted by Crippen LogP contribution is -1.97. The number of hydrogen-bond acceptors (Lipinski definition) is 6. The molecule has 3 rings (SSSR count). The minimum atomic E-state index is 0.115. The van der Waals surface area contributed by atoms with E-state index >= 15 is 0 Å². The average Bonchev–Trinajstić information content (AvgIpc) is 3.00. The van der Waals surface area contributed by atoms with Crippen molar-refractivity contribution in [1.82, 2.24) is 0 Å². The van der Waals surface area contributed by atoms with Crippen LogP contribution in [-0.2, 0) is 0 Å². The molecule has 0 spiro atoms. The fourth-order valence-corrected chi connectivity index (χ4v) is 4.55. The maximum atomic E-state index is 10.5. The summed E-state index contributed by atoms with van der Waals surface area (Å²) in [4.78, 5) is 9.14. The lowest BCUT2D eigenvalue weighted by Gasteiger charge is -2.08. The molecular weight excluding hydrogens is 524 g/mol. The quantitative estimate of drug-likeness (QED) is 0.104. The van der Waals surface area contributed by atoms with Crippen molar-refractivity contribution < 1.29 is 19.7 Å². The van der Waals surface area contributed by atoms with Crippen LogP contribution in [0.1, 0.15) is 102 Å². The lowest BCUT2D eigenvalue weighted by atomic mass is 10.1. The van der Waals surface area contributed by atoms with E-state index in [2.05, 4.69) is 23.8 Å². The number of phenols is 2. The van der Waals surface area contributed by atoms with Gasteiger partial charge in [-0.05, 0) is 49.2 Å². The van der Waals surface area contributed by atoms with Gasteiger partial charge in [-0.2, -0.15) is 0 Å². The number of hydrogen-bond donors (Lipinski definition) is 2. The Morgan fingerprint density at radius 1 is 0.548 bits per heavy atom. The van der Waals surface area contributed by atoms with E-state index in [4.69, 9.17) is 9.47 Å². The van der Waals surface area contributed by atoms with Crippen molar-refractivity contribution in [3.63, 3.8) is 0 Å². The molecule has 0 saturated heterocycles. The van der Waals surface area contributed by atoms with E-state index in [0.717, 1.165) is 25.7 Å². The van der Waals surface area contributed by atoms with Gasteiger partial charge in [0.15, 0.2) is 0 Å². The molecule has 0 amide bonds. The molecule has 3 aromatic carbocycles. The Morgan fingerprint density at radius 2 is 0.952 bits per heavy atom. The van der Waals surface area contributed by atoms with Crippen molar-refractivity contribution in [3.8, 4) is 23.0 Å². The summed E-state index contributed by atoms with van der Waals surface area (Å²) < 4.78 is 11.6. The maximum absolute atomic E-state index is 10.5. The highest BCUT2D eigenvalue weighted by Gasteiger charge is 2.05. The molecule has 6 heteroatoms. The smallest absolute Gasteiger partial charge is 0.128 e. The molecule has 0 fully saturated rings. The molecule has 226 valence electrons. The first-order chi connectivity index (χ1) is 20.6. The monoisotopic (exact) mass is 572 g/mol. The van der Waals surface area contributed by atoms with Crippen molar-refractivity contribution in [1.29, 1.82) is 0 Å². The third-order valence-electron chi connectivity index (χ3n) is 7.10. The second kappa shape index (κ2) is 19.3. The van der Waals surface area contributed by atoms with Crippen molar-refractivity contribution in [2.75, 3.05) is 13.2 Å². The number of benzene rings is 3. The topological polar surface area (TPSA) is 83.6 Å². The van der Waals surface area contributed by atoms with Crippen LogP contribution in [0.25, 0.3) is 0 Å². The van der Waals surface area contributed by atoms with Gasteiger partial charge in [0, 0.05) is 35.7 Å². The number of phenolic OH excluding ortho intramolecular Hbond substituents is 2. The molecule has 0 unspecified atom stereocenters. The second-order valence-electron chi connectivity index (χ2n) is 10.7. The van der Waals surface area contributed by atoms with E-state index in [9.17, 15) is 10.2 Å². The summed E-state index contributed by atoms with van der Waals surface area (Å²) >= 11 is 0. The highest BCUT2D eigenvalue weighted by Crippen LogP contribution is 2.30. The number of para-hydroxylation sites is 2. The summed E-state index contributed by atoms with van der Waals surface area (Å²) in [6.45, 7) is 5.74. The van der Waals surface area contributed by atoms with Crippen LogP contribution in [0.5, 0.6) is 23.0 Å². The van der Waals surface area contributed by atoms with Crippen LogP contribution in [0.3, 0.4) is 0 Å². The van der Waals surface area contributed by atoms with Gasteiger partial charge in [0.1, 0.15) is 23.0 Å². The summed E-state index contributed by atoms with van der Waals surface area (Å²) in [7, 11) is 0. The molecule has 0 bridgehead atoms. The number of aliphatic imine (C=N–C) groups is 2. The first-order valence-corrected chi connectivity index (χ1v) is 15.7. The van der Waals surface area contributed by atoms with E-state index in [1.165, 1.54) is 51.4 Å². The van der Waals surface area contributed by atoms with Crippen molar-refractivity contribution in [3.05, 3.63) is 71.8 Å². The van der Waals surface area contributed by atoms with Gasteiger partial charge in [-0.3, -0.25) is 9.98 Å². The Hall–Kier alpha value is -3.80. The molecule has 0 heterocycles. The zero-order valence-electron chi connectivity index (χ0n) is 25.4. The number of rotatable bonds is 20. The first-order valence-electron chi connectivity index (χ1n) is 15.7. The highest BCUT2D eigenvalue weighted by molar-refractivity contribution is 5.89. The lowest BCUT2D eigenvalue weighted by molar-refractivity contribution is 0.302. The van der Waals surface area contributed by atoms with E-state index < -0.39 is 0 Å². The van der Waals surface area contributed by atoms with Crippen LogP contribution in [0, 0.1) is 0 Å². The largest absolute Gasteiger partial charge is 0.507 e. The van der Waals surface area contributed by atoms with Gasteiger partial charge in [-0.25, -0.2) is 0 Å². The predicted octanol–water partition coefficient (Wildman–Crippen LogP) is 10.1. The zero-order chi connectivity index (χ0) is 29.8. The average molecular weight is 573 g/mol. The Bertz CT molecular complexity index is 1160. The van der Waals surface area contributed by atoms with Crippen molar-refractivity contribution in [2.24, 2.45) is 9.98 Å². The summed E-state index contributed by atoms with van der Waals surface area (Å²) in [5, 5.41) is 21.0. The minimum Gasteiger partial charge on any atom is -0.507 e. The number of ether oxygens (including phenoxy) is 2. The van der Waals surface area contributed by atoms with Crippen LogP contribution in [0.4, 0.5) is 11.4 Å². The number of nitrogens with zero attached hydrogens (tertiary/aromatic N) is 2. The molecule has 0 radical (unpaired) electrons. The Balaban J connectivity index is 1.53. The van der Waals surface area contributed by atoms with Crippen molar-refractivity contribution >= 4 is 23.8 Å². The van der Waals surface area contributed by atoms with E-state index in [1.54, 1.807) is 36.7 Å². The summed E-state index contributed by atoms with van der Waals surface area (Å²) in [5.41, 5.74) is 2.48. The van der Waals surface area contributed by atoms with Crippen LogP contribution in [0.15, 0.2) is 70.6 Å². The zero-order valence-corrected chi connectivity index (χ0v) is 25.4. The fourth-order valence-electron chi connectivity index (χ4n) is 4.55. The van der Waals surface area contributed by atoms with Gasteiger partial charge in [0.2, 0.25) is 0 Å². The third kappa shape index (κ3) is 12.0. The third-order valence-corrected chi connectivity index (χ3v) is 7.10.